The molecule has 100 valence electrons. The van der Waals surface area contributed by atoms with E-state index in [0.717, 1.165) is 30.6 Å². The number of anilines is 1. The van der Waals surface area contributed by atoms with Crippen molar-refractivity contribution in [1.82, 2.24) is 5.32 Å². The Morgan fingerprint density at radius 1 is 1.47 bits per heavy atom. The monoisotopic (exact) mass is 257 g/mol. The Hall–Kier alpha value is -1.86. The molecule has 0 saturated carbocycles. The normalized spacial score (nSPS) is 22.5. The summed E-state index contributed by atoms with van der Waals surface area (Å²) in [5, 5.41) is 14.8. The van der Waals surface area contributed by atoms with Gasteiger partial charge in [-0.2, -0.15) is 5.26 Å². The average molecular weight is 257 g/mol. The van der Waals surface area contributed by atoms with E-state index >= 15 is 0 Å². The van der Waals surface area contributed by atoms with Crippen molar-refractivity contribution in [2.24, 2.45) is 5.92 Å². The maximum absolute atomic E-state index is 12.2. The van der Waals surface area contributed by atoms with Gasteiger partial charge in [0.2, 0.25) is 5.91 Å². The lowest BCUT2D eigenvalue weighted by atomic mass is 9.92. The van der Waals surface area contributed by atoms with Crippen LogP contribution in [0, 0.1) is 17.2 Å². The van der Waals surface area contributed by atoms with Gasteiger partial charge in [-0.25, -0.2) is 0 Å². The first kappa shape index (κ1) is 13.6. The minimum absolute atomic E-state index is 0.0280. The van der Waals surface area contributed by atoms with Gasteiger partial charge in [-0.1, -0.05) is 19.1 Å². The number of nitrogens with one attached hydrogen (secondary N) is 2. The van der Waals surface area contributed by atoms with Crippen LogP contribution < -0.4 is 10.6 Å². The molecular formula is C15H19N3O. The molecule has 19 heavy (non-hydrogen) atoms. The van der Waals surface area contributed by atoms with Crippen LogP contribution in [0.5, 0.6) is 0 Å². The van der Waals surface area contributed by atoms with Crippen LogP contribution in [0.3, 0.4) is 0 Å². The number of amides is 1. The predicted molar refractivity (Wildman–Crippen MR) is 74.6 cm³/mol. The lowest BCUT2D eigenvalue weighted by Crippen LogP contribution is -2.48. The lowest BCUT2D eigenvalue weighted by Gasteiger charge is -2.28. The fourth-order valence-electron chi connectivity index (χ4n) is 2.42. The third-order valence-electron chi connectivity index (χ3n) is 3.56. The summed E-state index contributed by atoms with van der Waals surface area (Å²) in [7, 11) is 0. The summed E-state index contributed by atoms with van der Waals surface area (Å²) in [4.78, 5) is 12.2. The molecule has 1 aromatic rings. The molecule has 4 nitrogen and oxygen atoms in total. The van der Waals surface area contributed by atoms with E-state index in [9.17, 15) is 4.79 Å². The Balaban J connectivity index is 1.96. The van der Waals surface area contributed by atoms with Gasteiger partial charge in [0.05, 0.1) is 18.5 Å². The standard InChI is InChI=1S/C15H19N3O/c1-11-3-2-10-17-14(11)15(19)18-13-6-4-12(5-7-13)8-9-16/h4-7,11,14,17H,2-3,8,10H2,1H3,(H,18,19). The second-order valence-electron chi connectivity index (χ2n) is 5.07. The van der Waals surface area contributed by atoms with Crippen LogP contribution in [-0.2, 0) is 11.2 Å². The number of nitrogens with zero attached hydrogens (tertiary/aromatic N) is 1. The summed E-state index contributed by atoms with van der Waals surface area (Å²) in [5.74, 6) is 0.395. The van der Waals surface area contributed by atoms with Crippen LogP contribution in [0.15, 0.2) is 24.3 Å². The molecule has 4 heteroatoms. The highest BCUT2D eigenvalue weighted by atomic mass is 16.2. The highest BCUT2D eigenvalue weighted by Crippen LogP contribution is 2.17. The van der Waals surface area contributed by atoms with E-state index in [-0.39, 0.29) is 11.9 Å². The zero-order chi connectivity index (χ0) is 13.7. The summed E-state index contributed by atoms with van der Waals surface area (Å²) in [5.41, 5.74) is 1.75. The van der Waals surface area contributed by atoms with Crippen molar-refractivity contribution in [2.45, 2.75) is 32.2 Å². The van der Waals surface area contributed by atoms with Gasteiger partial charge in [-0.15, -0.1) is 0 Å². The van der Waals surface area contributed by atoms with Gasteiger partial charge in [0, 0.05) is 5.69 Å². The van der Waals surface area contributed by atoms with E-state index in [4.69, 9.17) is 5.26 Å². The van der Waals surface area contributed by atoms with Crippen LogP contribution in [0.25, 0.3) is 0 Å². The second kappa shape index (κ2) is 6.35. The number of carbonyl (C=O) groups excluding carboxylic acids is 1. The SMILES string of the molecule is CC1CCCNC1C(=O)Nc1ccc(CC#N)cc1. The van der Waals surface area contributed by atoms with Gasteiger partial charge in [0.1, 0.15) is 0 Å². The molecule has 1 aromatic carbocycles. The Morgan fingerprint density at radius 3 is 2.84 bits per heavy atom. The molecule has 1 aliphatic rings. The van der Waals surface area contributed by atoms with E-state index in [1.807, 2.05) is 24.3 Å². The van der Waals surface area contributed by atoms with Crippen molar-refractivity contribution in [3.05, 3.63) is 29.8 Å². The van der Waals surface area contributed by atoms with Crippen LogP contribution >= 0.6 is 0 Å². The van der Waals surface area contributed by atoms with Crippen molar-refractivity contribution in [1.29, 1.82) is 5.26 Å². The molecule has 1 saturated heterocycles. The number of hydrogen-bond donors (Lipinski definition) is 2. The first-order valence-electron chi connectivity index (χ1n) is 6.71. The zero-order valence-corrected chi connectivity index (χ0v) is 11.1. The first-order chi connectivity index (χ1) is 9.20. The maximum Gasteiger partial charge on any atom is 0.241 e. The summed E-state index contributed by atoms with van der Waals surface area (Å²) >= 11 is 0. The van der Waals surface area contributed by atoms with Gasteiger partial charge in [0.15, 0.2) is 0 Å². The topological polar surface area (TPSA) is 64.9 Å². The minimum atomic E-state index is -0.104. The van der Waals surface area contributed by atoms with Crippen LogP contribution in [0.4, 0.5) is 5.69 Å². The number of hydrogen-bond acceptors (Lipinski definition) is 3. The Bertz CT molecular complexity index is 475. The predicted octanol–water partition coefficient (Wildman–Crippen LogP) is 2.08. The Kier molecular flexibility index (Phi) is 4.53. The molecule has 0 aromatic heterocycles. The van der Waals surface area contributed by atoms with Crippen LogP contribution in [-0.4, -0.2) is 18.5 Å². The first-order valence-corrected chi connectivity index (χ1v) is 6.71. The lowest BCUT2D eigenvalue weighted by molar-refractivity contribution is -0.119. The molecule has 2 unspecified atom stereocenters. The fraction of sp³-hybridized carbons (Fsp3) is 0.467. The van der Waals surface area contributed by atoms with Crippen molar-refractivity contribution < 1.29 is 4.79 Å². The molecule has 1 fully saturated rings. The highest BCUT2D eigenvalue weighted by molar-refractivity contribution is 5.95. The number of nitriles is 1. The van der Waals surface area contributed by atoms with E-state index < -0.39 is 0 Å². The maximum atomic E-state index is 12.2. The van der Waals surface area contributed by atoms with Gasteiger partial charge in [0.25, 0.3) is 0 Å². The van der Waals surface area contributed by atoms with Gasteiger partial charge in [-0.05, 0) is 43.0 Å². The molecule has 2 rings (SSSR count). The third-order valence-corrected chi connectivity index (χ3v) is 3.56. The number of carbonyl (C=O) groups is 1. The summed E-state index contributed by atoms with van der Waals surface area (Å²) in [6, 6.07) is 9.43. The van der Waals surface area contributed by atoms with Crippen molar-refractivity contribution in [2.75, 3.05) is 11.9 Å². The summed E-state index contributed by atoms with van der Waals surface area (Å²) in [6.45, 7) is 3.01. The molecule has 0 aliphatic carbocycles. The Labute approximate surface area is 113 Å². The molecule has 1 heterocycles. The van der Waals surface area contributed by atoms with Crippen molar-refractivity contribution in [3.8, 4) is 6.07 Å². The average Bonchev–Trinajstić information content (AvgIpc) is 2.42. The zero-order valence-electron chi connectivity index (χ0n) is 11.1. The van der Waals surface area contributed by atoms with E-state index in [2.05, 4.69) is 23.6 Å². The molecule has 0 radical (unpaired) electrons. The molecule has 2 atom stereocenters. The van der Waals surface area contributed by atoms with Gasteiger partial charge in [-0.3, -0.25) is 4.79 Å². The largest absolute Gasteiger partial charge is 0.325 e. The van der Waals surface area contributed by atoms with E-state index in [1.54, 1.807) is 0 Å². The number of benzene rings is 1. The molecule has 0 spiro atoms. The molecule has 1 aliphatic heterocycles. The third kappa shape index (κ3) is 3.55. The molecule has 0 bridgehead atoms. The fourth-order valence-corrected chi connectivity index (χ4v) is 2.42. The molecule has 1 amide bonds. The van der Waals surface area contributed by atoms with E-state index in [0.29, 0.717) is 12.3 Å². The Morgan fingerprint density at radius 2 is 2.21 bits per heavy atom. The minimum Gasteiger partial charge on any atom is -0.325 e. The highest BCUT2D eigenvalue weighted by Gasteiger charge is 2.27. The summed E-state index contributed by atoms with van der Waals surface area (Å²) < 4.78 is 0. The second-order valence-corrected chi connectivity index (χ2v) is 5.07. The van der Waals surface area contributed by atoms with Gasteiger partial charge >= 0.3 is 0 Å². The number of rotatable bonds is 3. The van der Waals surface area contributed by atoms with Crippen molar-refractivity contribution >= 4 is 11.6 Å². The van der Waals surface area contributed by atoms with Crippen LogP contribution in [0.1, 0.15) is 25.3 Å². The molecule has 2 N–H and O–H groups in total. The van der Waals surface area contributed by atoms with Crippen molar-refractivity contribution in [3.63, 3.8) is 0 Å². The van der Waals surface area contributed by atoms with Gasteiger partial charge < -0.3 is 10.6 Å². The van der Waals surface area contributed by atoms with Crippen LogP contribution in [0.2, 0.25) is 0 Å². The quantitative estimate of drug-likeness (QED) is 0.871. The summed E-state index contributed by atoms with van der Waals surface area (Å²) in [6.07, 6.45) is 2.62. The molecular weight excluding hydrogens is 238 g/mol. The number of piperidine rings is 1. The smallest absolute Gasteiger partial charge is 0.241 e. The van der Waals surface area contributed by atoms with E-state index in [1.165, 1.54) is 0 Å².